The summed E-state index contributed by atoms with van der Waals surface area (Å²) in [6.07, 6.45) is 6.11. The molecular formula is C13H17N5. The van der Waals surface area contributed by atoms with Crippen molar-refractivity contribution in [1.82, 2.24) is 19.7 Å². The molecular weight excluding hydrogens is 226 g/mol. The van der Waals surface area contributed by atoms with E-state index in [1.54, 1.807) is 6.33 Å². The summed E-state index contributed by atoms with van der Waals surface area (Å²) in [4.78, 5) is 8.79. The molecule has 94 valence electrons. The van der Waals surface area contributed by atoms with Crippen molar-refractivity contribution in [3.05, 3.63) is 29.0 Å². The largest absolute Gasteiger partial charge is 0.396 e. The highest BCUT2D eigenvalue weighted by Gasteiger charge is 2.19. The molecule has 5 nitrogen and oxygen atoms in total. The zero-order chi connectivity index (χ0) is 12.7. The number of aromatic nitrogens is 4. The lowest BCUT2D eigenvalue weighted by Gasteiger charge is -2.17. The number of aryl methyl sites for hydroxylation is 2. The number of hydrogen-bond donors (Lipinski definition) is 1. The molecule has 18 heavy (non-hydrogen) atoms. The molecule has 0 atom stereocenters. The van der Waals surface area contributed by atoms with Crippen molar-refractivity contribution in [2.75, 3.05) is 5.73 Å². The topological polar surface area (TPSA) is 69.6 Å². The Hall–Kier alpha value is -1.91. The van der Waals surface area contributed by atoms with Gasteiger partial charge >= 0.3 is 0 Å². The number of fused-ring (bicyclic) bond motifs is 1. The van der Waals surface area contributed by atoms with E-state index in [0.29, 0.717) is 0 Å². The predicted molar refractivity (Wildman–Crippen MR) is 69.7 cm³/mol. The highest BCUT2D eigenvalue weighted by atomic mass is 15.3. The Morgan fingerprint density at radius 2 is 1.94 bits per heavy atom. The Labute approximate surface area is 106 Å². The molecule has 2 aromatic rings. The Morgan fingerprint density at radius 3 is 2.67 bits per heavy atom. The molecule has 0 saturated heterocycles. The maximum Gasteiger partial charge on any atom is 0.160 e. The Kier molecular flexibility index (Phi) is 2.54. The van der Waals surface area contributed by atoms with Gasteiger partial charge in [0.2, 0.25) is 0 Å². The van der Waals surface area contributed by atoms with Crippen LogP contribution in [0.15, 0.2) is 6.33 Å². The van der Waals surface area contributed by atoms with Crippen molar-refractivity contribution < 1.29 is 0 Å². The van der Waals surface area contributed by atoms with Gasteiger partial charge in [-0.05, 0) is 39.5 Å². The number of nitrogens with two attached hydrogens (primary N) is 1. The van der Waals surface area contributed by atoms with Crippen LogP contribution in [0.1, 0.15) is 35.5 Å². The maximum absolute atomic E-state index is 5.99. The quantitative estimate of drug-likeness (QED) is 0.828. The normalized spacial score (nSPS) is 14.6. The van der Waals surface area contributed by atoms with Crippen LogP contribution in [-0.4, -0.2) is 19.7 Å². The highest BCUT2D eigenvalue weighted by molar-refractivity contribution is 5.51. The predicted octanol–water partition coefficient (Wildman–Crippen LogP) is 1.74. The van der Waals surface area contributed by atoms with Gasteiger partial charge in [-0.1, -0.05) is 0 Å². The minimum absolute atomic E-state index is 0.748. The van der Waals surface area contributed by atoms with Gasteiger partial charge in [0.15, 0.2) is 5.82 Å². The fourth-order valence-electron chi connectivity index (χ4n) is 2.55. The van der Waals surface area contributed by atoms with E-state index in [-0.39, 0.29) is 0 Å². The Bertz CT molecular complexity index is 600. The standard InChI is InChI=1S/C13H17N5/c1-8-12(14)9(2)18(17-8)13-10-5-3-4-6-11(10)15-7-16-13/h7H,3-6,14H2,1-2H3. The molecule has 0 aromatic carbocycles. The van der Waals surface area contributed by atoms with E-state index in [4.69, 9.17) is 5.73 Å². The van der Waals surface area contributed by atoms with Crippen LogP contribution in [0.5, 0.6) is 0 Å². The van der Waals surface area contributed by atoms with Crippen LogP contribution < -0.4 is 5.73 Å². The second kappa shape index (κ2) is 4.08. The molecule has 2 heterocycles. The second-order valence-corrected chi connectivity index (χ2v) is 4.83. The van der Waals surface area contributed by atoms with Gasteiger partial charge in [-0.3, -0.25) is 0 Å². The lowest BCUT2D eigenvalue weighted by atomic mass is 9.96. The van der Waals surface area contributed by atoms with Crippen molar-refractivity contribution in [1.29, 1.82) is 0 Å². The zero-order valence-corrected chi connectivity index (χ0v) is 10.8. The number of nitrogens with zero attached hydrogens (tertiary/aromatic N) is 4. The first-order valence-electron chi connectivity index (χ1n) is 6.33. The molecule has 2 aromatic heterocycles. The first-order valence-corrected chi connectivity index (χ1v) is 6.33. The third-order valence-corrected chi connectivity index (χ3v) is 3.65. The lowest BCUT2D eigenvalue weighted by molar-refractivity contribution is 0.647. The summed E-state index contributed by atoms with van der Waals surface area (Å²) < 4.78 is 1.86. The van der Waals surface area contributed by atoms with Gasteiger partial charge in [-0.2, -0.15) is 5.10 Å². The summed E-state index contributed by atoms with van der Waals surface area (Å²) in [5, 5.41) is 4.49. The molecule has 3 rings (SSSR count). The van der Waals surface area contributed by atoms with Gasteiger partial charge in [-0.25, -0.2) is 14.6 Å². The molecule has 2 N–H and O–H groups in total. The van der Waals surface area contributed by atoms with E-state index in [0.717, 1.165) is 41.4 Å². The van der Waals surface area contributed by atoms with Crippen LogP contribution in [0.4, 0.5) is 5.69 Å². The Balaban J connectivity index is 2.20. The van der Waals surface area contributed by atoms with Gasteiger partial charge < -0.3 is 5.73 Å². The van der Waals surface area contributed by atoms with Crippen molar-refractivity contribution in [3.63, 3.8) is 0 Å². The SMILES string of the molecule is Cc1nn(-c2ncnc3c2CCCC3)c(C)c1N. The minimum Gasteiger partial charge on any atom is -0.396 e. The van der Waals surface area contributed by atoms with Gasteiger partial charge in [0.1, 0.15) is 6.33 Å². The fraction of sp³-hybridized carbons (Fsp3) is 0.462. The molecule has 5 heteroatoms. The molecule has 0 radical (unpaired) electrons. The van der Waals surface area contributed by atoms with E-state index in [2.05, 4.69) is 15.1 Å². The maximum atomic E-state index is 5.99. The van der Waals surface area contributed by atoms with Gasteiger partial charge in [0, 0.05) is 11.3 Å². The van der Waals surface area contributed by atoms with Gasteiger partial charge in [-0.15, -0.1) is 0 Å². The second-order valence-electron chi connectivity index (χ2n) is 4.83. The third-order valence-electron chi connectivity index (χ3n) is 3.65. The monoisotopic (exact) mass is 243 g/mol. The molecule has 0 aliphatic heterocycles. The molecule has 0 spiro atoms. The van der Waals surface area contributed by atoms with E-state index in [1.807, 2.05) is 18.5 Å². The smallest absolute Gasteiger partial charge is 0.160 e. The summed E-state index contributed by atoms with van der Waals surface area (Å²) in [6.45, 7) is 3.90. The number of rotatable bonds is 1. The van der Waals surface area contributed by atoms with Gasteiger partial charge in [0.05, 0.1) is 17.1 Å². The highest BCUT2D eigenvalue weighted by Crippen LogP contribution is 2.26. The average molecular weight is 243 g/mol. The Morgan fingerprint density at radius 1 is 1.17 bits per heavy atom. The molecule has 1 aliphatic carbocycles. The summed E-state index contributed by atoms with van der Waals surface area (Å²) in [7, 11) is 0. The number of hydrogen-bond acceptors (Lipinski definition) is 4. The zero-order valence-electron chi connectivity index (χ0n) is 10.8. The van der Waals surface area contributed by atoms with Crippen LogP contribution >= 0.6 is 0 Å². The molecule has 1 aliphatic rings. The molecule has 0 unspecified atom stereocenters. The van der Waals surface area contributed by atoms with Gasteiger partial charge in [0.25, 0.3) is 0 Å². The molecule has 0 bridgehead atoms. The summed E-state index contributed by atoms with van der Waals surface area (Å²) in [6, 6.07) is 0. The van der Waals surface area contributed by atoms with Crippen molar-refractivity contribution in [2.24, 2.45) is 0 Å². The third kappa shape index (κ3) is 1.58. The number of nitrogen functional groups attached to an aromatic ring is 1. The van der Waals surface area contributed by atoms with E-state index in [9.17, 15) is 0 Å². The van der Waals surface area contributed by atoms with Crippen molar-refractivity contribution in [2.45, 2.75) is 39.5 Å². The fourth-order valence-corrected chi connectivity index (χ4v) is 2.55. The summed E-state index contributed by atoms with van der Waals surface area (Å²) in [5.41, 5.74) is 10.9. The average Bonchev–Trinajstić information content (AvgIpc) is 2.66. The summed E-state index contributed by atoms with van der Waals surface area (Å²) in [5.74, 6) is 0.900. The first-order chi connectivity index (χ1) is 8.68. The first kappa shape index (κ1) is 11.2. The molecule has 0 saturated carbocycles. The van der Waals surface area contributed by atoms with Crippen LogP contribution in [0, 0.1) is 13.8 Å². The summed E-state index contributed by atoms with van der Waals surface area (Å²) >= 11 is 0. The van der Waals surface area contributed by atoms with E-state index >= 15 is 0 Å². The molecule has 0 fully saturated rings. The van der Waals surface area contributed by atoms with Crippen molar-refractivity contribution >= 4 is 5.69 Å². The number of anilines is 1. The van der Waals surface area contributed by atoms with Crippen LogP contribution in [-0.2, 0) is 12.8 Å². The van der Waals surface area contributed by atoms with Crippen LogP contribution in [0.25, 0.3) is 5.82 Å². The van der Waals surface area contributed by atoms with E-state index < -0.39 is 0 Å². The van der Waals surface area contributed by atoms with E-state index in [1.165, 1.54) is 18.4 Å². The van der Waals surface area contributed by atoms with Crippen molar-refractivity contribution in [3.8, 4) is 5.82 Å². The van der Waals surface area contributed by atoms with Crippen LogP contribution in [0.3, 0.4) is 0 Å². The minimum atomic E-state index is 0.748. The molecule has 0 amide bonds. The lowest BCUT2D eigenvalue weighted by Crippen LogP contribution is -2.13. The van der Waals surface area contributed by atoms with Crippen LogP contribution in [0.2, 0.25) is 0 Å².